The van der Waals surface area contributed by atoms with Crippen LogP contribution in [0.3, 0.4) is 0 Å². The summed E-state index contributed by atoms with van der Waals surface area (Å²) in [6, 6.07) is 1.99. The van der Waals surface area contributed by atoms with E-state index in [2.05, 4.69) is 34.1 Å². The zero-order valence-electron chi connectivity index (χ0n) is 10.8. The Hall–Kier alpha value is -1.88. The van der Waals surface area contributed by atoms with E-state index in [0.717, 1.165) is 17.5 Å². The smallest absolute Gasteiger partial charge is 0.223 e. The van der Waals surface area contributed by atoms with Gasteiger partial charge in [-0.2, -0.15) is 0 Å². The predicted octanol–water partition coefficient (Wildman–Crippen LogP) is 2.01. The molecule has 0 fully saturated rings. The van der Waals surface area contributed by atoms with Gasteiger partial charge >= 0.3 is 0 Å². The fourth-order valence-electron chi connectivity index (χ4n) is 1.77. The van der Waals surface area contributed by atoms with Crippen molar-refractivity contribution in [2.24, 2.45) is 5.73 Å². The van der Waals surface area contributed by atoms with Gasteiger partial charge in [-0.25, -0.2) is 9.97 Å². The van der Waals surface area contributed by atoms with E-state index >= 15 is 0 Å². The van der Waals surface area contributed by atoms with Gasteiger partial charge in [-0.3, -0.25) is 0 Å². The molecule has 0 aliphatic carbocycles. The third kappa shape index (κ3) is 3.07. The van der Waals surface area contributed by atoms with Crippen LogP contribution in [0.25, 0.3) is 11.1 Å². The molecule has 5 heteroatoms. The molecule has 0 unspecified atom stereocenters. The van der Waals surface area contributed by atoms with Gasteiger partial charge in [0.2, 0.25) is 5.95 Å². The molecule has 0 aliphatic rings. The molecule has 0 radical (unpaired) electrons. The molecule has 0 aliphatic heterocycles. The Morgan fingerprint density at radius 2 is 2.00 bits per heavy atom. The number of nitrogens with two attached hydrogens (primary N) is 1. The first kappa shape index (κ1) is 12.6. The van der Waals surface area contributed by atoms with Gasteiger partial charge in [0, 0.05) is 41.5 Å². The molecule has 2 rings (SSSR count). The second kappa shape index (κ2) is 5.18. The average Bonchev–Trinajstić information content (AvgIpc) is 2.82. The molecule has 0 atom stereocenters. The van der Waals surface area contributed by atoms with Crippen molar-refractivity contribution in [3.63, 3.8) is 0 Å². The van der Waals surface area contributed by atoms with Crippen molar-refractivity contribution in [3.8, 4) is 11.1 Å². The van der Waals surface area contributed by atoms with Crippen LogP contribution < -0.4 is 11.1 Å². The molecule has 2 heterocycles. The number of anilines is 1. The molecule has 0 bridgehead atoms. The van der Waals surface area contributed by atoms with Crippen molar-refractivity contribution in [1.29, 1.82) is 0 Å². The summed E-state index contributed by atoms with van der Waals surface area (Å²) in [5.41, 5.74) is 7.56. The molecular formula is C13H19N5. The van der Waals surface area contributed by atoms with E-state index in [4.69, 9.17) is 5.73 Å². The first-order valence-corrected chi connectivity index (χ1v) is 6.04. The Bertz CT molecular complexity index is 473. The summed E-state index contributed by atoms with van der Waals surface area (Å²) in [5.74, 6) is 0.632. The second-order valence-corrected chi connectivity index (χ2v) is 4.94. The highest BCUT2D eigenvalue weighted by Gasteiger charge is 2.17. The number of nitrogens with zero attached hydrogens (tertiary/aromatic N) is 2. The molecule has 0 saturated carbocycles. The lowest BCUT2D eigenvalue weighted by Crippen LogP contribution is -2.34. The molecule has 5 nitrogen and oxygen atoms in total. The fourth-order valence-corrected chi connectivity index (χ4v) is 1.77. The molecule has 0 saturated heterocycles. The number of hydrogen-bond acceptors (Lipinski definition) is 4. The topological polar surface area (TPSA) is 79.6 Å². The van der Waals surface area contributed by atoms with Crippen LogP contribution in [0.15, 0.2) is 30.9 Å². The normalized spacial score (nSPS) is 11.5. The summed E-state index contributed by atoms with van der Waals surface area (Å²) in [6.07, 6.45) is 8.31. The zero-order valence-corrected chi connectivity index (χ0v) is 10.8. The molecule has 96 valence electrons. The Kier molecular flexibility index (Phi) is 3.62. The van der Waals surface area contributed by atoms with Crippen LogP contribution in [0, 0.1) is 0 Å². The van der Waals surface area contributed by atoms with E-state index in [-0.39, 0.29) is 5.54 Å². The van der Waals surface area contributed by atoms with Crippen LogP contribution in [-0.2, 0) is 0 Å². The lowest BCUT2D eigenvalue weighted by Gasteiger charge is -2.25. The van der Waals surface area contributed by atoms with Gasteiger partial charge in [-0.05, 0) is 32.9 Å². The van der Waals surface area contributed by atoms with Gasteiger partial charge in [0.05, 0.1) is 0 Å². The number of rotatable bonds is 5. The van der Waals surface area contributed by atoms with Crippen molar-refractivity contribution in [3.05, 3.63) is 30.9 Å². The number of aromatic amines is 1. The number of aromatic nitrogens is 3. The summed E-state index contributed by atoms with van der Waals surface area (Å²) >= 11 is 0. The van der Waals surface area contributed by atoms with Crippen LogP contribution in [-0.4, -0.2) is 27.0 Å². The van der Waals surface area contributed by atoms with Crippen LogP contribution >= 0.6 is 0 Å². The SMILES string of the molecule is CC(C)(CCN)Nc1ncc(-c2cc[nH]c2)cn1. The van der Waals surface area contributed by atoms with E-state index in [1.165, 1.54) is 0 Å². The Morgan fingerprint density at radius 1 is 1.28 bits per heavy atom. The van der Waals surface area contributed by atoms with Crippen molar-refractivity contribution in [2.75, 3.05) is 11.9 Å². The minimum atomic E-state index is -0.0929. The zero-order chi connectivity index (χ0) is 13.0. The summed E-state index contributed by atoms with van der Waals surface area (Å²) in [5, 5.41) is 3.28. The molecule has 18 heavy (non-hydrogen) atoms. The van der Waals surface area contributed by atoms with E-state index in [0.29, 0.717) is 12.5 Å². The molecule has 2 aromatic rings. The first-order chi connectivity index (χ1) is 8.61. The van der Waals surface area contributed by atoms with Crippen LogP contribution in [0.1, 0.15) is 20.3 Å². The van der Waals surface area contributed by atoms with Crippen molar-refractivity contribution in [2.45, 2.75) is 25.8 Å². The van der Waals surface area contributed by atoms with Gasteiger partial charge in [-0.1, -0.05) is 0 Å². The maximum atomic E-state index is 5.57. The monoisotopic (exact) mass is 245 g/mol. The van der Waals surface area contributed by atoms with Crippen LogP contribution in [0.2, 0.25) is 0 Å². The van der Waals surface area contributed by atoms with Crippen LogP contribution in [0.5, 0.6) is 0 Å². The Morgan fingerprint density at radius 3 is 2.56 bits per heavy atom. The van der Waals surface area contributed by atoms with E-state index in [1.807, 2.05) is 30.9 Å². The summed E-state index contributed by atoms with van der Waals surface area (Å²) in [4.78, 5) is 11.7. The second-order valence-electron chi connectivity index (χ2n) is 4.94. The Labute approximate surface area is 107 Å². The van der Waals surface area contributed by atoms with Crippen molar-refractivity contribution in [1.82, 2.24) is 15.0 Å². The van der Waals surface area contributed by atoms with Crippen LogP contribution in [0.4, 0.5) is 5.95 Å². The molecule has 0 amide bonds. The van der Waals surface area contributed by atoms with E-state index < -0.39 is 0 Å². The molecule has 2 aromatic heterocycles. The highest BCUT2D eigenvalue weighted by Crippen LogP contribution is 2.18. The highest BCUT2D eigenvalue weighted by atomic mass is 15.1. The third-order valence-corrected chi connectivity index (χ3v) is 2.80. The van der Waals surface area contributed by atoms with Crippen molar-refractivity contribution < 1.29 is 0 Å². The highest BCUT2D eigenvalue weighted by molar-refractivity contribution is 5.60. The summed E-state index contributed by atoms with van der Waals surface area (Å²) in [6.45, 7) is 4.81. The van der Waals surface area contributed by atoms with Gasteiger partial charge in [0.25, 0.3) is 0 Å². The van der Waals surface area contributed by atoms with E-state index in [9.17, 15) is 0 Å². The van der Waals surface area contributed by atoms with Crippen molar-refractivity contribution >= 4 is 5.95 Å². The standard InChI is InChI=1S/C13H19N5/c1-13(2,4-5-14)18-12-16-8-11(9-17-12)10-3-6-15-7-10/h3,6-9,15H,4-5,14H2,1-2H3,(H,16,17,18). The molecule has 0 aromatic carbocycles. The first-order valence-electron chi connectivity index (χ1n) is 6.04. The minimum Gasteiger partial charge on any atom is -0.367 e. The maximum Gasteiger partial charge on any atom is 0.223 e. The quantitative estimate of drug-likeness (QED) is 0.753. The molecule has 4 N–H and O–H groups in total. The number of hydrogen-bond donors (Lipinski definition) is 3. The average molecular weight is 245 g/mol. The predicted molar refractivity (Wildman–Crippen MR) is 73.2 cm³/mol. The summed E-state index contributed by atoms with van der Waals surface area (Å²) in [7, 11) is 0. The summed E-state index contributed by atoms with van der Waals surface area (Å²) < 4.78 is 0. The van der Waals surface area contributed by atoms with E-state index in [1.54, 1.807) is 0 Å². The Balaban J connectivity index is 2.09. The van der Waals surface area contributed by atoms with Gasteiger partial charge in [-0.15, -0.1) is 0 Å². The molecule has 0 spiro atoms. The third-order valence-electron chi connectivity index (χ3n) is 2.80. The van der Waals surface area contributed by atoms with Gasteiger partial charge in [0.1, 0.15) is 0 Å². The fraction of sp³-hybridized carbons (Fsp3) is 0.385. The molecular weight excluding hydrogens is 226 g/mol. The lowest BCUT2D eigenvalue weighted by atomic mass is 10.0. The largest absolute Gasteiger partial charge is 0.367 e. The number of nitrogens with one attached hydrogen (secondary N) is 2. The van der Waals surface area contributed by atoms with Gasteiger partial charge in [0.15, 0.2) is 0 Å². The van der Waals surface area contributed by atoms with Gasteiger partial charge < -0.3 is 16.0 Å². The minimum absolute atomic E-state index is 0.0929. The lowest BCUT2D eigenvalue weighted by molar-refractivity contribution is 0.522. The number of H-pyrrole nitrogens is 1. The maximum absolute atomic E-state index is 5.57.